The van der Waals surface area contributed by atoms with Crippen LogP contribution in [-0.4, -0.2) is 11.1 Å². The summed E-state index contributed by atoms with van der Waals surface area (Å²) >= 11 is 6.42. The van der Waals surface area contributed by atoms with Crippen LogP contribution in [-0.2, 0) is 10.3 Å². The first kappa shape index (κ1) is 16.0. The van der Waals surface area contributed by atoms with Gasteiger partial charge in [0.05, 0.1) is 4.47 Å². The van der Waals surface area contributed by atoms with Crippen molar-refractivity contribution in [1.29, 1.82) is 0 Å². The van der Waals surface area contributed by atoms with Gasteiger partial charge in [0.2, 0.25) is 0 Å². The third-order valence-corrected chi connectivity index (χ3v) is 4.24. The van der Waals surface area contributed by atoms with Crippen LogP contribution in [0, 0.1) is 5.82 Å². The molecule has 0 aliphatic carbocycles. The van der Waals surface area contributed by atoms with Crippen LogP contribution in [0.25, 0.3) is 0 Å². The minimum absolute atomic E-state index is 0.225. The van der Waals surface area contributed by atoms with E-state index in [1.165, 1.54) is 25.1 Å². The van der Waals surface area contributed by atoms with Gasteiger partial charge in [-0.25, -0.2) is 9.18 Å². The molecule has 0 amide bonds. The van der Waals surface area contributed by atoms with Crippen LogP contribution >= 0.6 is 31.9 Å². The molecule has 0 radical (unpaired) electrons. The van der Waals surface area contributed by atoms with Crippen molar-refractivity contribution in [3.8, 4) is 0 Å². The maximum Gasteiger partial charge on any atom is 0.333 e. The number of benzene rings is 2. The second kappa shape index (κ2) is 6.15. The summed E-state index contributed by atoms with van der Waals surface area (Å²) in [6.07, 6.45) is 0. The standard InChI is InChI=1S/C15H12Br2FNO2/c1-15(14(20)21,9-5-6-13(18)12(17)7-9)19-11-4-2-3-10(16)8-11/h2-8,19H,1H3,(H,20,21). The van der Waals surface area contributed by atoms with E-state index in [0.717, 1.165) is 4.47 Å². The number of hydrogen-bond donors (Lipinski definition) is 2. The van der Waals surface area contributed by atoms with Gasteiger partial charge in [-0.2, -0.15) is 0 Å². The number of carboxylic acid groups (broad SMARTS) is 1. The minimum Gasteiger partial charge on any atom is -0.479 e. The molecule has 0 aliphatic rings. The fourth-order valence-electron chi connectivity index (χ4n) is 1.91. The van der Waals surface area contributed by atoms with E-state index in [4.69, 9.17) is 0 Å². The molecule has 110 valence electrons. The maximum absolute atomic E-state index is 13.3. The number of carboxylic acids is 1. The summed E-state index contributed by atoms with van der Waals surface area (Å²) in [5, 5.41) is 12.6. The molecule has 2 aromatic carbocycles. The summed E-state index contributed by atoms with van der Waals surface area (Å²) in [4.78, 5) is 11.7. The van der Waals surface area contributed by atoms with E-state index in [-0.39, 0.29) is 4.47 Å². The highest BCUT2D eigenvalue weighted by molar-refractivity contribution is 9.10. The summed E-state index contributed by atoms with van der Waals surface area (Å²) < 4.78 is 14.4. The summed E-state index contributed by atoms with van der Waals surface area (Å²) in [5.74, 6) is -1.49. The molecule has 0 saturated carbocycles. The highest BCUT2D eigenvalue weighted by Crippen LogP contribution is 2.30. The number of hydrogen-bond acceptors (Lipinski definition) is 2. The van der Waals surface area contributed by atoms with Crippen molar-refractivity contribution < 1.29 is 14.3 Å². The molecule has 0 aromatic heterocycles. The van der Waals surface area contributed by atoms with E-state index in [9.17, 15) is 14.3 Å². The zero-order chi connectivity index (χ0) is 15.6. The van der Waals surface area contributed by atoms with Gasteiger partial charge in [-0.15, -0.1) is 0 Å². The summed E-state index contributed by atoms with van der Waals surface area (Å²) in [7, 11) is 0. The molecule has 2 rings (SSSR count). The van der Waals surface area contributed by atoms with Crippen molar-refractivity contribution in [2.75, 3.05) is 5.32 Å². The Balaban J connectivity index is 2.45. The van der Waals surface area contributed by atoms with Gasteiger partial charge in [0.1, 0.15) is 5.82 Å². The predicted octanol–water partition coefficient (Wildman–Crippen LogP) is 4.76. The number of rotatable bonds is 4. The fraction of sp³-hybridized carbons (Fsp3) is 0.133. The van der Waals surface area contributed by atoms with Crippen molar-refractivity contribution in [1.82, 2.24) is 0 Å². The SMILES string of the molecule is CC(Nc1cccc(Br)c1)(C(=O)O)c1ccc(F)c(Br)c1. The third kappa shape index (κ3) is 3.44. The van der Waals surface area contributed by atoms with Gasteiger partial charge in [0, 0.05) is 10.2 Å². The molecular formula is C15H12Br2FNO2. The fourth-order valence-corrected chi connectivity index (χ4v) is 2.69. The molecule has 3 nitrogen and oxygen atoms in total. The highest BCUT2D eigenvalue weighted by atomic mass is 79.9. The summed E-state index contributed by atoms with van der Waals surface area (Å²) in [6, 6.07) is 11.4. The lowest BCUT2D eigenvalue weighted by Gasteiger charge is -2.28. The molecular weight excluding hydrogens is 405 g/mol. The molecule has 0 bridgehead atoms. The Bertz CT molecular complexity index is 693. The Kier molecular flexibility index (Phi) is 4.68. The summed E-state index contributed by atoms with van der Waals surface area (Å²) in [5.41, 5.74) is -0.283. The second-order valence-electron chi connectivity index (χ2n) is 4.69. The lowest BCUT2D eigenvalue weighted by atomic mass is 9.91. The molecule has 0 fully saturated rings. The van der Waals surface area contributed by atoms with E-state index >= 15 is 0 Å². The molecule has 21 heavy (non-hydrogen) atoms. The highest BCUT2D eigenvalue weighted by Gasteiger charge is 2.35. The average Bonchev–Trinajstić information content (AvgIpc) is 2.41. The van der Waals surface area contributed by atoms with Crippen LogP contribution in [0.3, 0.4) is 0 Å². The number of nitrogens with one attached hydrogen (secondary N) is 1. The molecule has 2 aromatic rings. The number of aliphatic carboxylic acids is 1. The van der Waals surface area contributed by atoms with E-state index in [1.807, 2.05) is 6.07 Å². The number of carbonyl (C=O) groups is 1. The van der Waals surface area contributed by atoms with Gasteiger partial charge >= 0.3 is 5.97 Å². The van der Waals surface area contributed by atoms with Crippen LogP contribution in [0.4, 0.5) is 10.1 Å². The molecule has 1 atom stereocenters. The predicted molar refractivity (Wildman–Crippen MR) is 86.9 cm³/mol. The maximum atomic E-state index is 13.3. The molecule has 6 heteroatoms. The van der Waals surface area contributed by atoms with Crippen molar-refractivity contribution in [2.45, 2.75) is 12.5 Å². The van der Waals surface area contributed by atoms with E-state index in [1.54, 1.807) is 18.2 Å². The first-order valence-corrected chi connectivity index (χ1v) is 7.64. The lowest BCUT2D eigenvalue weighted by molar-refractivity contribution is -0.142. The van der Waals surface area contributed by atoms with Crippen molar-refractivity contribution >= 4 is 43.5 Å². The Morgan fingerprint density at radius 2 is 1.95 bits per heavy atom. The molecule has 1 unspecified atom stereocenters. The first-order chi connectivity index (χ1) is 9.83. The van der Waals surface area contributed by atoms with E-state index < -0.39 is 17.3 Å². The summed E-state index contributed by atoms with van der Waals surface area (Å²) in [6.45, 7) is 1.54. The van der Waals surface area contributed by atoms with Crippen molar-refractivity contribution in [3.05, 3.63) is 62.8 Å². The first-order valence-electron chi connectivity index (χ1n) is 6.05. The van der Waals surface area contributed by atoms with Gasteiger partial charge in [-0.05, 0) is 58.7 Å². The van der Waals surface area contributed by atoms with E-state index in [2.05, 4.69) is 37.2 Å². The number of anilines is 1. The van der Waals surface area contributed by atoms with Gasteiger partial charge in [0.15, 0.2) is 5.54 Å². The smallest absolute Gasteiger partial charge is 0.333 e. The Labute approximate surface area is 138 Å². The average molecular weight is 417 g/mol. The molecule has 0 aliphatic heterocycles. The zero-order valence-electron chi connectivity index (χ0n) is 11.0. The van der Waals surface area contributed by atoms with Crippen LogP contribution in [0.1, 0.15) is 12.5 Å². The molecule has 0 heterocycles. The van der Waals surface area contributed by atoms with Gasteiger partial charge in [0.25, 0.3) is 0 Å². The molecule has 0 spiro atoms. The quantitative estimate of drug-likeness (QED) is 0.755. The Morgan fingerprint density at radius 1 is 1.24 bits per heavy atom. The molecule has 0 saturated heterocycles. The van der Waals surface area contributed by atoms with Crippen molar-refractivity contribution in [3.63, 3.8) is 0 Å². The van der Waals surface area contributed by atoms with Gasteiger partial charge < -0.3 is 10.4 Å². The third-order valence-electron chi connectivity index (χ3n) is 3.14. The van der Waals surface area contributed by atoms with Crippen LogP contribution in [0.2, 0.25) is 0 Å². The Morgan fingerprint density at radius 3 is 2.52 bits per heavy atom. The molecule has 2 N–H and O–H groups in total. The number of halogens is 3. The van der Waals surface area contributed by atoms with Crippen LogP contribution in [0.15, 0.2) is 51.4 Å². The lowest BCUT2D eigenvalue weighted by Crippen LogP contribution is -2.40. The van der Waals surface area contributed by atoms with Gasteiger partial charge in [-0.3, -0.25) is 0 Å². The van der Waals surface area contributed by atoms with Crippen molar-refractivity contribution in [2.24, 2.45) is 0 Å². The van der Waals surface area contributed by atoms with Crippen LogP contribution < -0.4 is 5.32 Å². The van der Waals surface area contributed by atoms with Crippen LogP contribution in [0.5, 0.6) is 0 Å². The monoisotopic (exact) mass is 415 g/mol. The van der Waals surface area contributed by atoms with E-state index in [0.29, 0.717) is 11.3 Å². The van der Waals surface area contributed by atoms with Gasteiger partial charge in [-0.1, -0.05) is 28.1 Å². The topological polar surface area (TPSA) is 49.3 Å². The second-order valence-corrected chi connectivity index (χ2v) is 6.46. The zero-order valence-corrected chi connectivity index (χ0v) is 14.2. The largest absolute Gasteiger partial charge is 0.479 e. The Hall–Kier alpha value is -1.40. The normalized spacial score (nSPS) is 13.5. The minimum atomic E-state index is -1.38.